The van der Waals surface area contributed by atoms with E-state index in [9.17, 15) is 0 Å². The Morgan fingerprint density at radius 1 is 1.32 bits per heavy atom. The Morgan fingerprint density at radius 2 is 2.05 bits per heavy atom. The van der Waals surface area contributed by atoms with Gasteiger partial charge in [-0.05, 0) is 30.9 Å². The van der Waals surface area contributed by atoms with Gasteiger partial charge in [-0.25, -0.2) is 9.97 Å². The van der Waals surface area contributed by atoms with Crippen LogP contribution in [-0.4, -0.2) is 27.6 Å². The molecule has 19 heavy (non-hydrogen) atoms. The first-order valence-electron chi connectivity index (χ1n) is 6.85. The van der Waals surface area contributed by atoms with Crippen molar-refractivity contribution in [2.45, 2.75) is 26.7 Å². The van der Waals surface area contributed by atoms with Crippen LogP contribution in [0.5, 0.6) is 0 Å². The number of rotatable bonds is 6. The van der Waals surface area contributed by atoms with Gasteiger partial charge in [0.2, 0.25) is 0 Å². The molecule has 0 unspecified atom stereocenters. The van der Waals surface area contributed by atoms with Gasteiger partial charge in [0.05, 0.1) is 11.8 Å². The molecule has 0 saturated carbocycles. The van der Waals surface area contributed by atoms with Gasteiger partial charge in [-0.3, -0.25) is 0 Å². The second-order valence-corrected chi connectivity index (χ2v) is 5.15. The average molecular weight is 261 g/mol. The molecule has 2 aromatic rings. The van der Waals surface area contributed by atoms with Gasteiger partial charge in [-0.15, -0.1) is 0 Å². The molecule has 2 rings (SSSR count). The SMILES string of the molecule is CCC(CC)(CN)CNc1nccc2c1ncn2C. The third kappa shape index (κ3) is 2.56. The van der Waals surface area contributed by atoms with Gasteiger partial charge in [0.15, 0.2) is 5.82 Å². The smallest absolute Gasteiger partial charge is 0.154 e. The highest BCUT2D eigenvalue weighted by Gasteiger charge is 2.24. The lowest BCUT2D eigenvalue weighted by Crippen LogP contribution is -2.36. The molecule has 0 saturated heterocycles. The molecule has 0 aliphatic carbocycles. The first-order valence-corrected chi connectivity index (χ1v) is 6.85. The van der Waals surface area contributed by atoms with Crippen LogP contribution in [0.25, 0.3) is 11.0 Å². The van der Waals surface area contributed by atoms with E-state index in [1.54, 1.807) is 0 Å². The lowest BCUT2D eigenvalue weighted by atomic mass is 9.82. The lowest BCUT2D eigenvalue weighted by Gasteiger charge is -2.30. The number of hydrogen-bond acceptors (Lipinski definition) is 4. The summed E-state index contributed by atoms with van der Waals surface area (Å²) in [5.41, 5.74) is 8.07. The summed E-state index contributed by atoms with van der Waals surface area (Å²) in [5, 5.41) is 3.43. The quantitative estimate of drug-likeness (QED) is 0.836. The lowest BCUT2D eigenvalue weighted by molar-refractivity contribution is 0.294. The maximum Gasteiger partial charge on any atom is 0.154 e. The van der Waals surface area contributed by atoms with Gasteiger partial charge < -0.3 is 15.6 Å². The van der Waals surface area contributed by atoms with Gasteiger partial charge in [0, 0.05) is 19.8 Å². The fourth-order valence-electron chi connectivity index (χ4n) is 2.32. The van der Waals surface area contributed by atoms with Crippen molar-refractivity contribution in [3.63, 3.8) is 0 Å². The first kappa shape index (κ1) is 13.8. The summed E-state index contributed by atoms with van der Waals surface area (Å²) in [7, 11) is 1.99. The van der Waals surface area contributed by atoms with Crippen LogP contribution in [0.2, 0.25) is 0 Å². The van der Waals surface area contributed by atoms with E-state index in [0.717, 1.165) is 36.2 Å². The number of nitrogens with zero attached hydrogens (tertiary/aromatic N) is 3. The minimum atomic E-state index is 0.138. The number of imidazole rings is 1. The molecule has 0 aliphatic heterocycles. The van der Waals surface area contributed by atoms with E-state index in [2.05, 4.69) is 29.1 Å². The van der Waals surface area contributed by atoms with Crippen LogP contribution in [0.15, 0.2) is 18.6 Å². The molecular formula is C14H23N5. The summed E-state index contributed by atoms with van der Waals surface area (Å²) < 4.78 is 2.00. The van der Waals surface area contributed by atoms with Crippen LogP contribution in [0.3, 0.4) is 0 Å². The molecule has 0 aliphatic rings. The number of nitrogens with two attached hydrogens (primary N) is 1. The van der Waals surface area contributed by atoms with E-state index in [-0.39, 0.29) is 5.41 Å². The van der Waals surface area contributed by atoms with Gasteiger partial charge in [0.25, 0.3) is 0 Å². The Kier molecular flexibility index (Phi) is 4.04. The van der Waals surface area contributed by atoms with Crippen molar-refractivity contribution >= 4 is 16.9 Å². The minimum absolute atomic E-state index is 0.138. The molecule has 0 atom stereocenters. The predicted octanol–water partition coefficient (Wildman–Crippen LogP) is 2.15. The summed E-state index contributed by atoms with van der Waals surface area (Å²) in [5.74, 6) is 0.845. The maximum atomic E-state index is 5.93. The van der Waals surface area contributed by atoms with Crippen molar-refractivity contribution in [1.29, 1.82) is 0 Å². The van der Waals surface area contributed by atoms with E-state index >= 15 is 0 Å². The second-order valence-electron chi connectivity index (χ2n) is 5.15. The van der Waals surface area contributed by atoms with E-state index in [1.807, 2.05) is 30.2 Å². The summed E-state index contributed by atoms with van der Waals surface area (Å²) in [6.45, 7) is 5.89. The van der Waals surface area contributed by atoms with E-state index in [0.29, 0.717) is 6.54 Å². The Hall–Kier alpha value is -1.62. The molecule has 3 N–H and O–H groups in total. The molecular weight excluding hydrogens is 238 g/mol. The zero-order valence-electron chi connectivity index (χ0n) is 12.0. The Bertz CT molecular complexity index is 533. The van der Waals surface area contributed by atoms with Gasteiger partial charge in [-0.2, -0.15) is 0 Å². The largest absolute Gasteiger partial charge is 0.368 e. The van der Waals surface area contributed by atoms with E-state index in [4.69, 9.17) is 5.73 Å². The molecule has 0 radical (unpaired) electrons. The summed E-state index contributed by atoms with van der Waals surface area (Å²) >= 11 is 0. The predicted molar refractivity (Wildman–Crippen MR) is 79.1 cm³/mol. The highest BCUT2D eigenvalue weighted by molar-refractivity contribution is 5.85. The second kappa shape index (κ2) is 5.57. The molecule has 0 spiro atoms. The fraction of sp³-hybridized carbons (Fsp3) is 0.571. The molecule has 5 heteroatoms. The van der Waals surface area contributed by atoms with Crippen LogP contribution in [-0.2, 0) is 7.05 Å². The Balaban J connectivity index is 2.22. The monoisotopic (exact) mass is 261 g/mol. The fourth-order valence-corrected chi connectivity index (χ4v) is 2.32. The molecule has 2 heterocycles. The molecule has 0 aromatic carbocycles. The molecule has 2 aromatic heterocycles. The molecule has 5 nitrogen and oxygen atoms in total. The van der Waals surface area contributed by atoms with Gasteiger partial charge in [0.1, 0.15) is 5.52 Å². The minimum Gasteiger partial charge on any atom is -0.368 e. The number of nitrogens with one attached hydrogen (secondary N) is 1. The standard InChI is InChI=1S/C14H23N5/c1-4-14(5-2,8-15)9-17-13-12-11(6-7-16-13)19(3)10-18-12/h6-7,10H,4-5,8-9,15H2,1-3H3,(H,16,17). The number of anilines is 1. The number of aryl methyl sites for hydroxylation is 1. The normalized spacial score (nSPS) is 12.0. The third-order valence-electron chi connectivity index (χ3n) is 4.21. The summed E-state index contributed by atoms with van der Waals surface area (Å²) in [6.07, 6.45) is 5.75. The summed E-state index contributed by atoms with van der Waals surface area (Å²) in [4.78, 5) is 8.80. The van der Waals surface area contributed by atoms with Crippen LogP contribution in [0.4, 0.5) is 5.82 Å². The van der Waals surface area contributed by atoms with Gasteiger partial charge in [-0.1, -0.05) is 13.8 Å². The van der Waals surface area contributed by atoms with Crippen molar-refractivity contribution in [2.75, 3.05) is 18.4 Å². The van der Waals surface area contributed by atoms with Crippen LogP contribution < -0.4 is 11.1 Å². The summed E-state index contributed by atoms with van der Waals surface area (Å²) in [6, 6.07) is 1.98. The molecule has 104 valence electrons. The van der Waals surface area contributed by atoms with Crippen LogP contribution in [0, 0.1) is 5.41 Å². The number of aromatic nitrogens is 3. The van der Waals surface area contributed by atoms with Crippen molar-refractivity contribution in [2.24, 2.45) is 18.2 Å². The average Bonchev–Trinajstić information content (AvgIpc) is 2.84. The number of pyridine rings is 1. The van der Waals surface area contributed by atoms with Crippen molar-refractivity contribution in [3.8, 4) is 0 Å². The molecule has 0 amide bonds. The first-order chi connectivity index (χ1) is 9.15. The Morgan fingerprint density at radius 3 is 2.68 bits per heavy atom. The van der Waals surface area contributed by atoms with Crippen molar-refractivity contribution in [1.82, 2.24) is 14.5 Å². The number of hydrogen-bond donors (Lipinski definition) is 2. The van der Waals surface area contributed by atoms with Crippen molar-refractivity contribution in [3.05, 3.63) is 18.6 Å². The zero-order valence-corrected chi connectivity index (χ0v) is 12.0. The molecule has 0 bridgehead atoms. The molecule has 0 fully saturated rings. The van der Waals surface area contributed by atoms with Crippen LogP contribution in [0.1, 0.15) is 26.7 Å². The van der Waals surface area contributed by atoms with Gasteiger partial charge >= 0.3 is 0 Å². The maximum absolute atomic E-state index is 5.93. The number of fused-ring (bicyclic) bond motifs is 1. The third-order valence-corrected chi connectivity index (χ3v) is 4.21. The van der Waals surface area contributed by atoms with E-state index in [1.165, 1.54) is 0 Å². The topological polar surface area (TPSA) is 68.8 Å². The van der Waals surface area contributed by atoms with Crippen molar-refractivity contribution < 1.29 is 0 Å². The highest BCUT2D eigenvalue weighted by atomic mass is 15.1. The highest BCUT2D eigenvalue weighted by Crippen LogP contribution is 2.26. The van der Waals surface area contributed by atoms with Crippen LogP contribution >= 0.6 is 0 Å². The Labute approximate surface area is 114 Å². The van der Waals surface area contributed by atoms with E-state index < -0.39 is 0 Å². The zero-order chi connectivity index (χ0) is 13.9.